The third-order valence-corrected chi connectivity index (χ3v) is 10.9. The van der Waals surface area contributed by atoms with Crippen molar-refractivity contribution < 1.29 is 38.1 Å². The third kappa shape index (κ3) is 7.26. The molecule has 6 rings (SSSR count). The van der Waals surface area contributed by atoms with Crippen molar-refractivity contribution in [2.24, 2.45) is 17.3 Å². The molecule has 10 nitrogen and oxygen atoms in total. The molecule has 1 amide bonds. The Morgan fingerprint density at radius 3 is 2.66 bits per heavy atom. The van der Waals surface area contributed by atoms with Crippen molar-refractivity contribution >= 4 is 34.5 Å². The van der Waals surface area contributed by atoms with Gasteiger partial charge in [0.15, 0.2) is 5.78 Å². The van der Waals surface area contributed by atoms with Gasteiger partial charge in [0.1, 0.15) is 22.7 Å². The quantitative estimate of drug-likeness (QED) is 0.252. The fourth-order valence-corrected chi connectivity index (χ4v) is 8.30. The number of esters is 2. The highest BCUT2D eigenvalue weighted by Crippen LogP contribution is 2.58. The van der Waals surface area contributed by atoms with Crippen LogP contribution in [-0.2, 0) is 35.1 Å². The van der Waals surface area contributed by atoms with E-state index in [1.165, 1.54) is 0 Å². The first-order chi connectivity index (χ1) is 23.8. The zero-order chi connectivity index (χ0) is 35.8. The molecule has 1 spiro atoms. The Balaban J connectivity index is 1.36. The fraction of sp³-hybridized carbons (Fsp3) is 0.625. The van der Waals surface area contributed by atoms with Crippen LogP contribution in [0.25, 0.3) is 10.9 Å². The lowest BCUT2D eigenvalue weighted by molar-refractivity contribution is -0.159. The lowest BCUT2D eigenvalue weighted by Gasteiger charge is -2.36. The van der Waals surface area contributed by atoms with Crippen LogP contribution < -0.4 is 9.47 Å². The van der Waals surface area contributed by atoms with Gasteiger partial charge in [0.2, 0.25) is 5.91 Å². The molecule has 1 saturated carbocycles. The maximum absolute atomic E-state index is 14.7. The lowest BCUT2D eigenvalue weighted by atomic mass is 9.85. The van der Waals surface area contributed by atoms with Crippen LogP contribution in [0.15, 0.2) is 30.4 Å². The van der Waals surface area contributed by atoms with Crippen molar-refractivity contribution in [1.29, 1.82) is 0 Å². The maximum atomic E-state index is 14.7. The van der Waals surface area contributed by atoms with Gasteiger partial charge < -0.3 is 23.8 Å². The van der Waals surface area contributed by atoms with E-state index in [4.69, 9.17) is 23.9 Å². The molecule has 5 atom stereocenters. The van der Waals surface area contributed by atoms with Crippen molar-refractivity contribution in [1.82, 2.24) is 9.88 Å². The van der Waals surface area contributed by atoms with E-state index in [-0.39, 0.29) is 49.6 Å². The molecule has 1 aliphatic carbocycles. The highest BCUT2D eigenvalue weighted by molar-refractivity contribution is 5.96. The summed E-state index contributed by atoms with van der Waals surface area (Å²) in [5, 5.41) is 0.960. The molecule has 1 aromatic heterocycles. The second-order valence-corrected chi connectivity index (χ2v) is 15.7. The molecule has 0 bridgehead atoms. The van der Waals surface area contributed by atoms with Gasteiger partial charge in [-0.25, -0.2) is 4.98 Å². The number of hydrogen-bond donors (Lipinski definition) is 0. The zero-order valence-corrected chi connectivity index (χ0v) is 30.5. The van der Waals surface area contributed by atoms with Crippen LogP contribution in [0.4, 0.5) is 0 Å². The predicted octanol–water partition coefficient (Wildman–Crippen LogP) is 6.61. The number of carbonyl (C=O) groups excluding carboxylic acids is 4. The van der Waals surface area contributed by atoms with E-state index >= 15 is 0 Å². The normalized spacial score (nSPS) is 29.2. The molecular formula is C40H52N2O8. The van der Waals surface area contributed by atoms with Crippen LogP contribution in [0.5, 0.6) is 11.5 Å². The highest BCUT2D eigenvalue weighted by atomic mass is 16.6. The molecule has 1 aromatic carbocycles. The Hall–Kier alpha value is -3.95. The average Bonchev–Trinajstić information content (AvgIpc) is 3.64. The number of hydrogen-bond acceptors (Lipinski definition) is 9. The van der Waals surface area contributed by atoms with E-state index in [9.17, 15) is 19.2 Å². The smallest absolute Gasteiger partial charge is 0.313 e. The minimum atomic E-state index is -0.928. The molecular weight excluding hydrogens is 636 g/mol. The second kappa shape index (κ2) is 14.0. The van der Waals surface area contributed by atoms with Crippen LogP contribution in [-0.4, -0.2) is 71.0 Å². The molecule has 0 N–H and O–H groups in total. The molecule has 4 heterocycles. The first kappa shape index (κ1) is 35.9. The van der Waals surface area contributed by atoms with Gasteiger partial charge in [0.05, 0.1) is 49.3 Å². The second-order valence-electron chi connectivity index (χ2n) is 15.7. The summed E-state index contributed by atoms with van der Waals surface area (Å²) in [7, 11) is 1.64. The monoisotopic (exact) mass is 688 g/mol. The van der Waals surface area contributed by atoms with E-state index in [0.29, 0.717) is 37.9 Å². The van der Waals surface area contributed by atoms with E-state index in [1.54, 1.807) is 18.9 Å². The van der Waals surface area contributed by atoms with Crippen molar-refractivity contribution in [2.45, 2.75) is 122 Å². The molecule has 3 aliphatic heterocycles. The van der Waals surface area contributed by atoms with E-state index in [1.807, 2.05) is 45.9 Å². The van der Waals surface area contributed by atoms with Crippen molar-refractivity contribution in [3.8, 4) is 11.5 Å². The largest absolute Gasteiger partial charge is 0.497 e. The Labute approximate surface area is 295 Å². The minimum Gasteiger partial charge on any atom is -0.497 e. The number of aryl methyl sites for hydroxylation is 2. The van der Waals surface area contributed by atoms with Crippen LogP contribution in [0.1, 0.15) is 103 Å². The van der Waals surface area contributed by atoms with Gasteiger partial charge in [0.25, 0.3) is 0 Å². The van der Waals surface area contributed by atoms with Gasteiger partial charge in [-0.3, -0.25) is 19.2 Å². The van der Waals surface area contributed by atoms with Gasteiger partial charge in [-0.05, 0) is 97.3 Å². The van der Waals surface area contributed by atoms with Gasteiger partial charge >= 0.3 is 11.9 Å². The molecule has 1 saturated heterocycles. The van der Waals surface area contributed by atoms with E-state index in [2.05, 4.69) is 12.2 Å². The number of nitrogens with zero attached hydrogens (tertiary/aromatic N) is 2. The Morgan fingerprint density at radius 1 is 1.12 bits per heavy atom. The highest BCUT2D eigenvalue weighted by Gasteiger charge is 2.62. The average molecular weight is 689 g/mol. The summed E-state index contributed by atoms with van der Waals surface area (Å²) in [5.74, 6) is -0.489. The first-order valence-electron chi connectivity index (χ1n) is 18.3. The number of methoxy groups -OCH3 is 1. The number of aromatic nitrogens is 1. The number of pyridine rings is 1. The standard InChI is InChI=1S/C40H52N2O8/c1-7-48-37(46)40-21-27(40)14-12-10-8-9-11-13-26(19-34(44)49-38(3,4)5)36(45)42-24-39(22-32(42)33(43)23-40)18-17-29-30-20-28(47-6)15-16-31(30)41-25(2)35(29)50-39/h12,14-16,20,26-27,32H,7-11,13,17-19,21-24H2,1-6H3/b14-12-/t26-,27-,32+,39-,40-/m1/s1. The SMILES string of the molecule is CCOC(=O)[C@]12CC(=O)[C@@H]3C[C@]4(CCc5c(c(C)nc6ccc(OC)cc56)O4)CN3C(=O)[C@@H](CC(=O)OC(C)(C)C)CCCCC/C=C\[C@@H]1C2. The summed E-state index contributed by atoms with van der Waals surface area (Å²) in [6.45, 7) is 9.58. The summed E-state index contributed by atoms with van der Waals surface area (Å²) < 4.78 is 23.6. The number of ether oxygens (including phenoxy) is 4. The van der Waals surface area contributed by atoms with Crippen LogP contribution in [0, 0.1) is 24.2 Å². The van der Waals surface area contributed by atoms with Gasteiger partial charge in [-0.1, -0.05) is 25.0 Å². The predicted molar refractivity (Wildman–Crippen MR) is 188 cm³/mol. The lowest BCUT2D eigenvalue weighted by Crippen LogP contribution is -2.47. The van der Waals surface area contributed by atoms with Gasteiger partial charge in [-0.2, -0.15) is 0 Å². The third-order valence-electron chi connectivity index (χ3n) is 10.9. The number of ketones is 1. The number of amides is 1. The Morgan fingerprint density at radius 2 is 1.92 bits per heavy atom. The number of allylic oxidation sites excluding steroid dienone is 2. The summed E-state index contributed by atoms with van der Waals surface area (Å²) in [4.78, 5) is 62.2. The molecule has 50 heavy (non-hydrogen) atoms. The minimum absolute atomic E-state index is 0.0102. The number of rotatable bonds is 5. The van der Waals surface area contributed by atoms with Gasteiger partial charge in [-0.15, -0.1) is 0 Å². The molecule has 10 heteroatoms. The number of Topliss-reactive ketones (excluding diaryl/α,β-unsaturated/α-hetero) is 1. The van der Waals surface area contributed by atoms with Crippen LogP contribution in [0.2, 0.25) is 0 Å². The number of carbonyl (C=O) groups is 4. The zero-order valence-electron chi connectivity index (χ0n) is 30.5. The molecule has 4 aliphatic rings. The molecule has 0 radical (unpaired) electrons. The van der Waals surface area contributed by atoms with E-state index in [0.717, 1.165) is 53.6 Å². The van der Waals surface area contributed by atoms with Crippen molar-refractivity contribution in [3.05, 3.63) is 41.6 Å². The Bertz CT molecular complexity index is 1690. The summed E-state index contributed by atoms with van der Waals surface area (Å²) >= 11 is 0. The van der Waals surface area contributed by atoms with Crippen LogP contribution in [0.3, 0.4) is 0 Å². The summed E-state index contributed by atoms with van der Waals surface area (Å²) in [5.41, 5.74) is 0.195. The first-order valence-corrected chi connectivity index (χ1v) is 18.3. The van der Waals surface area contributed by atoms with Crippen LogP contribution >= 0.6 is 0 Å². The molecule has 2 aromatic rings. The summed E-state index contributed by atoms with van der Waals surface area (Å²) in [6.07, 6.45) is 10.2. The molecule has 270 valence electrons. The van der Waals surface area contributed by atoms with Crippen molar-refractivity contribution in [3.63, 3.8) is 0 Å². The van der Waals surface area contributed by atoms with E-state index < -0.39 is 34.5 Å². The van der Waals surface area contributed by atoms with Gasteiger partial charge in [0, 0.05) is 29.7 Å². The topological polar surface area (TPSA) is 121 Å². The number of fused-ring (bicyclic) bond motifs is 5. The maximum Gasteiger partial charge on any atom is 0.313 e. The van der Waals surface area contributed by atoms with Crippen molar-refractivity contribution in [2.75, 3.05) is 20.3 Å². The fourth-order valence-electron chi connectivity index (χ4n) is 8.30. The molecule has 2 fully saturated rings. The Kier molecular flexibility index (Phi) is 10.0. The molecule has 0 unspecified atom stereocenters. The number of benzene rings is 1. The summed E-state index contributed by atoms with van der Waals surface area (Å²) in [6, 6.07) is 5.01.